The molecule has 0 aliphatic carbocycles. The first-order valence-electron chi connectivity index (χ1n) is 7.35. The molecule has 6 nitrogen and oxygen atoms in total. The molecule has 7 heteroatoms. The topological polar surface area (TPSA) is 67.9 Å². The number of ether oxygens (including phenoxy) is 2. The Morgan fingerprint density at radius 3 is 2.65 bits per heavy atom. The Balaban J connectivity index is 2.16. The monoisotopic (exact) mass is 324 g/mol. The predicted molar refractivity (Wildman–Crippen MR) is 81.8 cm³/mol. The van der Waals surface area contributed by atoms with Gasteiger partial charge in [-0.3, -0.25) is 9.59 Å². The third kappa shape index (κ3) is 3.61. The van der Waals surface area contributed by atoms with Crippen LogP contribution in [-0.4, -0.2) is 57.7 Å². The molecule has 0 saturated carbocycles. The molecule has 0 bridgehead atoms. The van der Waals surface area contributed by atoms with Gasteiger partial charge in [0.2, 0.25) is 5.91 Å². The molecule has 0 aromatic heterocycles. The van der Waals surface area contributed by atoms with E-state index in [1.807, 2.05) is 0 Å². The number of halogens is 1. The fourth-order valence-corrected chi connectivity index (χ4v) is 2.88. The second kappa shape index (κ2) is 7.41. The number of amides is 2. The van der Waals surface area contributed by atoms with Crippen molar-refractivity contribution >= 4 is 11.8 Å². The van der Waals surface area contributed by atoms with Crippen molar-refractivity contribution in [2.75, 3.05) is 41.0 Å². The van der Waals surface area contributed by atoms with E-state index in [2.05, 4.69) is 5.32 Å². The maximum atomic E-state index is 13.8. The first kappa shape index (κ1) is 17.2. The summed E-state index contributed by atoms with van der Waals surface area (Å²) in [5.41, 5.74) is 0.233. The zero-order valence-electron chi connectivity index (χ0n) is 13.5. The third-order valence-corrected chi connectivity index (χ3v) is 4.09. The van der Waals surface area contributed by atoms with Crippen molar-refractivity contribution in [3.63, 3.8) is 0 Å². The summed E-state index contributed by atoms with van der Waals surface area (Å²) in [7, 11) is 4.49. The van der Waals surface area contributed by atoms with Gasteiger partial charge in [0, 0.05) is 38.7 Å². The number of methoxy groups -OCH3 is 2. The van der Waals surface area contributed by atoms with Crippen LogP contribution in [0.25, 0.3) is 0 Å². The Labute approximate surface area is 134 Å². The molecule has 0 spiro atoms. The minimum absolute atomic E-state index is 0.0769. The number of benzene rings is 1. The zero-order chi connectivity index (χ0) is 17.0. The Morgan fingerprint density at radius 1 is 1.35 bits per heavy atom. The molecular formula is C16H21FN2O4. The van der Waals surface area contributed by atoms with Crippen LogP contribution in [-0.2, 0) is 9.53 Å². The van der Waals surface area contributed by atoms with Crippen LogP contribution in [0.3, 0.4) is 0 Å². The van der Waals surface area contributed by atoms with Crippen molar-refractivity contribution in [2.45, 2.75) is 0 Å². The summed E-state index contributed by atoms with van der Waals surface area (Å²) >= 11 is 0. The lowest BCUT2D eigenvalue weighted by Gasteiger charge is -2.16. The van der Waals surface area contributed by atoms with Gasteiger partial charge < -0.3 is 19.7 Å². The number of hydrogen-bond donors (Lipinski definition) is 1. The quantitative estimate of drug-likeness (QED) is 0.874. The highest BCUT2D eigenvalue weighted by Crippen LogP contribution is 2.26. The number of rotatable bonds is 5. The first-order chi connectivity index (χ1) is 11.0. The number of carbonyl (C=O) groups excluding carboxylic acids is 2. The Kier molecular flexibility index (Phi) is 5.54. The van der Waals surface area contributed by atoms with Crippen molar-refractivity contribution in [1.29, 1.82) is 0 Å². The molecule has 1 aliphatic heterocycles. The lowest BCUT2D eigenvalue weighted by molar-refractivity contribution is -0.125. The Hall–Kier alpha value is -2.15. The summed E-state index contributed by atoms with van der Waals surface area (Å²) in [6.45, 7) is 1.08. The summed E-state index contributed by atoms with van der Waals surface area (Å²) in [5.74, 6) is -1.33. The summed E-state index contributed by atoms with van der Waals surface area (Å²) in [6.07, 6.45) is 0. The van der Waals surface area contributed by atoms with Gasteiger partial charge in [0.15, 0.2) is 11.6 Å². The van der Waals surface area contributed by atoms with E-state index in [4.69, 9.17) is 9.47 Å². The summed E-state index contributed by atoms with van der Waals surface area (Å²) in [5, 5.41) is 2.61. The molecule has 1 fully saturated rings. The second-order valence-corrected chi connectivity index (χ2v) is 5.50. The number of carbonyl (C=O) groups is 2. The molecule has 1 aromatic rings. The van der Waals surface area contributed by atoms with Crippen LogP contribution in [0, 0.1) is 17.7 Å². The van der Waals surface area contributed by atoms with E-state index < -0.39 is 5.82 Å². The number of likely N-dealkylation sites (tertiary alicyclic amines) is 1. The van der Waals surface area contributed by atoms with Crippen LogP contribution in [0.1, 0.15) is 10.4 Å². The van der Waals surface area contributed by atoms with Gasteiger partial charge in [-0.2, -0.15) is 0 Å². The van der Waals surface area contributed by atoms with Crippen molar-refractivity contribution in [3.05, 3.63) is 29.6 Å². The highest BCUT2D eigenvalue weighted by Gasteiger charge is 2.39. The van der Waals surface area contributed by atoms with Gasteiger partial charge in [0.25, 0.3) is 5.91 Å². The fraction of sp³-hybridized carbons (Fsp3) is 0.500. The molecule has 1 aromatic carbocycles. The zero-order valence-corrected chi connectivity index (χ0v) is 13.5. The highest BCUT2D eigenvalue weighted by molar-refractivity contribution is 5.95. The molecule has 1 N–H and O–H groups in total. The second-order valence-electron chi connectivity index (χ2n) is 5.50. The average molecular weight is 324 g/mol. The van der Waals surface area contributed by atoms with Gasteiger partial charge in [-0.25, -0.2) is 4.39 Å². The van der Waals surface area contributed by atoms with Crippen molar-refractivity contribution < 1.29 is 23.5 Å². The van der Waals surface area contributed by atoms with Crippen molar-refractivity contribution in [2.24, 2.45) is 11.8 Å². The predicted octanol–water partition coefficient (Wildman–Crippen LogP) is 0.915. The maximum Gasteiger partial charge on any atom is 0.253 e. The number of hydrogen-bond acceptors (Lipinski definition) is 4. The Bertz CT molecular complexity index is 593. The van der Waals surface area contributed by atoms with E-state index in [9.17, 15) is 14.0 Å². The molecule has 23 heavy (non-hydrogen) atoms. The Morgan fingerprint density at radius 2 is 2.09 bits per heavy atom. The summed E-state index contributed by atoms with van der Waals surface area (Å²) < 4.78 is 23.8. The van der Waals surface area contributed by atoms with E-state index in [-0.39, 0.29) is 35.0 Å². The first-order valence-corrected chi connectivity index (χ1v) is 7.35. The molecule has 1 heterocycles. The van der Waals surface area contributed by atoms with Gasteiger partial charge in [-0.1, -0.05) is 0 Å². The van der Waals surface area contributed by atoms with E-state index in [0.717, 1.165) is 6.07 Å². The average Bonchev–Trinajstić information content (AvgIpc) is 2.97. The smallest absolute Gasteiger partial charge is 0.253 e. The minimum atomic E-state index is -0.589. The van der Waals surface area contributed by atoms with Gasteiger partial charge in [0.1, 0.15) is 0 Å². The number of nitrogens with zero attached hydrogens (tertiary/aromatic N) is 1. The standard InChI is InChI=1S/C16H21FN2O4/c1-18-15(20)12-8-19(7-11(12)9-22-2)16(21)10-4-5-14(23-3)13(17)6-10/h4-6,11-12H,7-9H2,1-3H3,(H,18,20)/t11-,12+/m0/s1. The van der Waals surface area contributed by atoms with Crippen LogP contribution < -0.4 is 10.1 Å². The SMILES string of the molecule is CNC(=O)[C@@H]1CN(C(=O)c2ccc(OC)c(F)c2)C[C@H]1COC. The van der Waals surface area contributed by atoms with E-state index in [0.29, 0.717) is 19.7 Å². The molecule has 0 unspecified atom stereocenters. The van der Waals surface area contributed by atoms with Crippen LogP contribution in [0.2, 0.25) is 0 Å². The molecule has 0 radical (unpaired) electrons. The maximum absolute atomic E-state index is 13.8. The minimum Gasteiger partial charge on any atom is -0.494 e. The van der Waals surface area contributed by atoms with Gasteiger partial charge in [-0.05, 0) is 18.2 Å². The molecule has 126 valence electrons. The molecule has 1 saturated heterocycles. The van der Waals surface area contributed by atoms with Crippen LogP contribution in [0.4, 0.5) is 4.39 Å². The van der Waals surface area contributed by atoms with Crippen molar-refractivity contribution in [3.8, 4) is 5.75 Å². The molecule has 2 amide bonds. The number of nitrogens with one attached hydrogen (secondary N) is 1. The molecule has 2 rings (SSSR count). The molecular weight excluding hydrogens is 303 g/mol. The summed E-state index contributed by atoms with van der Waals surface area (Å²) in [4.78, 5) is 26.1. The lowest BCUT2D eigenvalue weighted by Crippen LogP contribution is -2.34. The van der Waals surface area contributed by atoms with Crippen molar-refractivity contribution in [1.82, 2.24) is 10.2 Å². The van der Waals surface area contributed by atoms with Gasteiger partial charge in [0.05, 0.1) is 19.6 Å². The van der Waals surface area contributed by atoms with Crippen LogP contribution >= 0.6 is 0 Å². The van der Waals surface area contributed by atoms with Gasteiger partial charge in [-0.15, -0.1) is 0 Å². The molecule has 2 atom stereocenters. The third-order valence-electron chi connectivity index (χ3n) is 4.09. The highest BCUT2D eigenvalue weighted by atomic mass is 19.1. The molecule has 1 aliphatic rings. The fourth-order valence-electron chi connectivity index (χ4n) is 2.88. The summed E-state index contributed by atoms with van der Waals surface area (Å²) in [6, 6.07) is 4.09. The normalized spacial score (nSPS) is 20.4. The van der Waals surface area contributed by atoms with E-state index in [1.54, 1.807) is 19.1 Å². The van der Waals surface area contributed by atoms with E-state index in [1.165, 1.54) is 19.2 Å². The van der Waals surface area contributed by atoms with Gasteiger partial charge >= 0.3 is 0 Å². The van der Waals surface area contributed by atoms with E-state index >= 15 is 0 Å². The largest absolute Gasteiger partial charge is 0.494 e. The lowest BCUT2D eigenvalue weighted by atomic mass is 9.96. The van der Waals surface area contributed by atoms with Crippen LogP contribution in [0.15, 0.2) is 18.2 Å². The van der Waals surface area contributed by atoms with Crippen LogP contribution in [0.5, 0.6) is 5.75 Å².